The van der Waals surface area contributed by atoms with Crippen molar-refractivity contribution in [2.24, 2.45) is 11.8 Å². The molecule has 3 unspecified atom stereocenters. The summed E-state index contributed by atoms with van der Waals surface area (Å²) in [6, 6.07) is 9.98. The molecule has 20 heavy (non-hydrogen) atoms. The molecule has 0 fully saturated rings. The van der Waals surface area contributed by atoms with Crippen molar-refractivity contribution < 1.29 is 4.74 Å². The van der Waals surface area contributed by atoms with E-state index in [2.05, 4.69) is 31.3 Å². The number of hydrogen-bond donors (Lipinski definition) is 1. The van der Waals surface area contributed by atoms with Gasteiger partial charge in [-0.2, -0.15) is 5.26 Å². The number of rotatable bonds is 4. The first-order chi connectivity index (χ1) is 9.63. The predicted octanol–water partition coefficient (Wildman–Crippen LogP) is 3.99. The average Bonchev–Trinajstić information content (AvgIpc) is 2.44. The quantitative estimate of drug-likeness (QED) is 0.841. The Labute approximate surface area is 121 Å². The number of nitriles is 1. The molecule has 3 heteroatoms. The van der Waals surface area contributed by atoms with Crippen LogP contribution in [-0.2, 0) is 0 Å². The van der Waals surface area contributed by atoms with E-state index >= 15 is 0 Å². The highest BCUT2D eigenvalue weighted by Crippen LogP contribution is 2.33. The monoisotopic (exact) mass is 270 g/mol. The predicted molar refractivity (Wildman–Crippen MR) is 81.7 cm³/mol. The number of nitrogens with zero attached hydrogens (tertiary/aromatic N) is 1. The molecule has 3 nitrogen and oxygen atoms in total. The van der Waals surface area contributed by atoms with Crippen molar-refractivity contribution in [3.05, 3.63) is 35.9 Å². The van der Waals surface area contributed by atoms with Crippen LogP contribution in [0.2, 0.25) is 0 Å². The van der Waals surface area contributed by atoms with Crippen molar-refractivity contribution in [1.29, 1.82) is 5.26 Å². The van der Waals surface area contributed by atoms with Gasteiger partial charge in [0.2, 0.25) is 0 Å². The molecule has 1 aromatic carbocycles. The molecular formula is C17H22N2O. The zero-order chi connectivity index (χ0) is 14.5. The van der Waals surface area contributed by atoms with Gasteiger partial charge in [-0.3, -0.25) is 0 Å². The number of nitrogens with one attached hydrogen (secondary N) is 1. The maximum absolute atomic E-state index is 9.50. The Balaban J connectivity index is 2.14. The highest BCUT2D eigenvalue weighted by atomic mass is 16.5. The summed E-state index contributed by atoms with van der Waals surface area (Å²) in [6.45, 7) is 4.37. The van der Waals surface area contributed by atoms with Crippen molar-refractivity contribution in [3.8, 4) is 11.8 Å². The van der Waals surface area contributed by atoms with Gasteiger partial charge in [-0.05, 0) is 43.7 Å². The maximum atomic E-state index is 9.50. The van der Waals surface area contributed by atoms with E-state index in [1.54, 1.807) is 7.11 Å². The summed E-state index contributed by atoms with van der Waals surface area (Å²) in [5, 5.41) is 12.8. The van der Waals surface area contributed by atoms with Crippen LogP contribution in [0.4, 0.5) is 5.69 Å². The van der Waals surface area contributed by atoms with Gasteiger partial charge in [0.15, 0.2) is 0 Å². The molecule has 0 amide bonds. The standard InChI is InChI=1S/C17H22N2O/c1-12-8-13(2)10-14(9-12)16(11-18)19-15-6-4-5-7-17(15)20-3/h4-8,12,14,16,19H,9-10H2,1-3H3. The molecule has 1 aliphatic rings. The van der Waals surface area contributed by atoms with Crippen LogP contribution in [0.5, 0.6) is 5.75 Å². The Bertz CT molecular complexity index is 530. The Morgan fingerprint density at radius 2 is 2.15 bits per heavy atom. The second-order valence-corrected chi connectivity index (χ2v) is 5.64. The fourth-order valence-electron chi connectivity index (χ4n) is 3.04. The van der Waals surface area contributed by atoms with Crippen molar-refractivity contribution in [1.82, 2.24) is 0 Å². The summed E-state index contributed by atoms with van der Waals surface area (Å²) >= 11 is 0. The third kappa shape index (κ3) is 3.33. The van der Waals surface area contributed by atoms with Crippen molar-refractivity contribution in [2.75, 3.05) is 12.4 Å². The highest BCUT2D eigenvalue weighted by molar-refractivity contribution is 5.57. The molecule has 0 heterocycles. The lowest BCUT2D eigenvalue weighted by molar-refractivity contribution is 0.385. The topological polar surface area (TPSA) is 45.0 Å². The summed E-state index contributed by atoms with van der Waals surface area (Å²) < 4.78 is 5.34. The largest absolute Gasteiger partial charge is 0.495 e. The van der Waals surface area contributed by atoms with Crippen LogP contribution in [0.25, 0.3) is 0 Å². The van der Waals surface area contributed by atoms with Crippen molar-refractivity contribution in [2.45, 2.75) is 32.7 Å². The van der Waals surface area contributed by atoms with Gasteiger partial charge in [-0.15, -0.1) is 0 Å². The van der Waals surface area contributed by atoms with E-state index in [-0.39, 0.29) is 6.04 Å². The van der Waals surface area contributed by atoms with Crippen LogP contribution in [0.15, 0.2) is 35.9 Å². The summed E-state index contributed by atoms with van der Waals surface area (Å²) in [4.78, 5) is 0. The minimum Gasteiger partial charge on any atom is -0.495 e. The lowest BCUT2D eigenvalue weighted by Crippen LogP contribution is -2.31. The number of ether oxygens (including phenoxy) is 1. The maximum Gasteiger partial charge on any atom is 0.141 e. The molecule has 1 N–H and O–H groups in total. The van der Waals surface area contributed by atoms with Gasteiger partial charge in [0.25, 0.3) is 0 Å². The molecule has 0 spiro atoms. The summed E-state index contributed by atoms with van der Waals surface area (Å²) in [5.74, 6) is 1.68. The Morgan fingerprint density at radius 1 is 1.40 bits per heavy atom. The van der Waals surface area contributed by atoms with E-state index in [1.807, 2.05) is 24.3 Å². The van der Waals surface area contributed by atoms with Gasteiger partial charge in [0.05, 0.1) is 18.9 Å². The molecule has 1 aliphatic carbocycles. The third-order valence-corrected chi connectivity index (χ3v) is 3.86. The molecule has 0 aliphatic heterocycles. The Morgan fingerprint density at radius 3 is 2.80 bits per heavy atom. The molecule has 0 bridgehead atoms. The molecule has 0 radical (unpaired) electrons. The number of methoxy groups -OCH3 is 1. The second-order valence-electron chi connectivity index (χ2n) is 5.64. The van der Waals surface area contributed by atoms with E-state index in [0.29, 0.717) is 11.8 Å². The number of benzene rings is 1. The minimum atomic E-state index is -0.183. The second kappa shape index (κ2) is 6.47. The van der Waals surface area contributed by atoms with Crippen molar-refractivity contribution >= 4 is 5.69 Å². The number of hydrogen-bond acceptors (Lipinski definition) is 3. The van der Waals surface area contributed by atoms with Gasteiger partial charge >= 0.3 is 0 Å². The Kier molecular flexibility index (Phi) is 4.68. The third-order valence-electron chi connectivity index (χ3n) is 3.86. The normalized spacial score (nSPS) is 23.4. The molecule has 2 rings (SSSR count). The van der Waals surface area contributed by atoms with Gasteiger partial charge in [0.1, 0.15) is 11.8 Å². The first-order valence-corrected chi connectivity index (χ1v) is 7.10. The first kappa shape index (κ1) is 14.5. The van der Waals surface area contributed by atoms with Crippen LogP contribution in [0.1, 0.15) is 26.7 Å². The van der Waals surface area contributed by atoms with Crippen molar-refractivity contribution in [3.63, 3.8) is 0 Å². The average molecular weight is 270 g/mol. The van der Waals surface area contributed by atoms with Gasteiger partial charge < -0.3 is 10.1 Å². The van der Waals surface area contributed by atoms with Gasteiger partial charge in [-0.25, -0.2) is 0 Å². The van der Waals surface area contributed by atoms with Gasteiger partial charge in [0, 0.05) is 0 Å². The van der Waals surface area contributed by atoms with E-state index in [4.69, 9.17) is 4.74 Å². The number of anilines is 1. The van der Waals surface area contributed by atoms with Gasteiger partial charge in [-0.1, -0.05) is 30.7 Å². The zero-order valence-electron chi connectivity index (χ0n) is 12.4. The lowest BCUT2D eigenvalue weighted by atomic mass is 9.80. The van der Waals surface area contributed by atoms with Crippen LogP contribution in [0.3, 0.4) is 0 Å². The van der Waals surface area contributed by atoms with Crippen LogP contribution in [0, 0.1) is 23.2 Å². The lowest BCUT2D eigenvalue weighted by Gasteiger charge is -2.30. The zero-order valence-corrected chi connectivity index (χ0v) is 12.4. The molecule has 3 atom stereocenters. The highest BCUT2D eigenvalue weighted by Gasteiger charge is 2.26. The number of allylic oxidation sites excluding steroid dienone is 2. The van der Waals surface area contributed by atoms with E-state index in [1.165, 1.54) is 5.57 Å². The molecule has 1 aromatic rings. The molecule has 106 valence electrons. The first-order valence-electron chi connectivity index (χ1n) is 7.10. The molecule has 0 saturated carbocycles. The smallest absolute Gasteiger partial charge is 0.141 e. The Hall–Kier alpha value is -1.95. The molecule has 0 saturated heterocycles. The van der Waals surface area contributed by atoms with E-state index in [9.17, 15) is 5.26 Å². The summed E-state index contributed by atoms with van der Waals surface area (Å²) in [5.41, 5.74) is 2.28. The van der Waals surface area contributed by atoms with Crippen LogP contribution < -0.4 is 10.1 Å². The SMILES string of the molecule is COc1ccccc1NC(C#N)C1CC(C)=CC(C)C1. The molecular weight excluding hydrogens is 248 g/mol. The number of para-hydroxylation sites is 2. The summed E-state index contributed by atoms with van der Waals surface area (Å²) in [7, 11) is 1.65. The van der Waals surface area contributed by atoms with E-state index in [0.717, 1.165) is 24.3 Å². The van der Waals surface area contributed by atoms with Crippen LogP contribution >= 0.6 is 0 Å². The summed E-state index contributed by atoms with van der Waals surface area (Å²) in [6.07, 6.45) is 4.36. The molecule has 0 aromatic heterocycles. The minimum absolute atomic E-state index is 0.183. The fraction of sp³-hybridized carbons (Fsp3) is 0.471. The van der Waals surface area contributed by atoms with Crippen LogP contribution in [-0.4, -0.2) is 13.2 Å². The fourth-order valence-corrected chi connectivity index (χ4v) is 3.04. The van der Waals surface area contributed by atoms with E-state index < -0.39 is 0 Å².